The zero-order valence-corrected chi connectivity index (χ0v) is 12.7. The molecule has 4 nitrogen and oxygen atoms in total. The molecule has 0 amide bonds. The van der Waals surface area contributed by atoms with Crippen LogP contribution in [0.3, 0.4) is 0 Å². The quantitative estimate of drug-likeness (QED) is 0.784. The highest BCUT2D eigenvalue weighted by atomic mass is 79.9. The minimum Gasteiger partial charge on any atom is -0.346 e. The highest BCUT2D eigenvalue weighted by Gasteiger charge is 2.12. The molecule has 3 rings (SSSR count). The maximum atomic E-state index is 4.52. The standard InChI is InChI=1S/C15H15BrN4/c1-2-13(11-7-4-3-5-8-11)17-15-18-14-12(16)9-6-10-20(14)19-15/h3-10,13H,2H2,1H3,(H,17,19). The molecular weight excluding hydrogens is 316 g/mol. The maximum absolute atomic E-state index is 4.52. The first-order valence-corrected chi connectivity index (χ1v) is 7.39. The molecule has 3 aromatic rings. The molecule has 0 bridgehead atoms. The zero-order chi connectivity index (χ0) is 13.9. The number of halogens is 1. The van der Waals surface area contributed by atoms with Crippen molar-refractivity contribution < 1.29 is 0 Å². The summed E-state index contributed by atoms with van der Waals surface area (Å²) in [7, 11) is 0. The number of rotatable bonds is 4. The van der Waals surface area contributed by atoms with Gasteiger partial charge in [0.15, 0.2) is 5.65 Å². The number of hydrogen-bond acceptors (Lipinski definition) is 3. The fourth-order valence-corrected chi connectivity index (χ4v) is 2.62. The van der Waals surface area contributed by atoms with Crippen molar-refractivity contribution in [3.8, 4) is 0 Å². The Hall–Kier alpha value is -1.88. The van der Waals surface area contributed by atoms with Crippen molar-refractivity contribution in [2.24, 2.45) is 0 Å². The zero-order valence-electron chi connectivity index (χ0n) is 11.1. The minimum atomic E-state index is 0.215. The van der Waals surface area contributed by atoms with Crippen LogP contribution < -0.4 is 5.32 Å². The van der Waals surface area contributed by atoms with Gasteiger partial charge in [0.1, 0.15) is 0 Å². The van der Waals surface area contributed by atoms with Gasteiger partial charge >= 0.3 is 0 Å². The Morgan fingerprint density at radius 1 is 1.20 bits per heavy atom. The number of nitrogens with zero attached hydrogens (tertiary/aromatic N) is 3. The number of benzene rings is 1. The van der Waals surface area contributed by atoms with Gasteiger partial charge in [0.05, 0.1) is 10.5 Å². The smallest absolute Gasteiger partial charge is 0.243 e. The van der Waals surface area contributed by atoms with Crippen molar-refractivity contribution in [3.63, 3.8) is 0 Å². The Morgan fingerprint density at radius 2 is 2.00 bits per heavy atom. The molecule has 1 unspecified atom stereocenters. The average Bonchev–Trinajstić information content (AvgIpc) is 2.90. The van der Waals surface area contributed by atoms with Gasteiger partial charge in [-0.3, -0.25) is 0 Å². The summed E-state index contributed by atoms with van der Waals surface area (Å²) in [6.45, 7) is 2.15. The van der Waals surface area contributed by atoms with E-state index < -0.39 is 0 Å². The van der Waals surface area contributed by atoms with E-state index in [-0.39, 0.29) is 6.04 Å². The van der Waals surface area contributed by atoms with Crippen molar-refractivity contribution in [1.82, 2.24) is 14.6 Å². The third-order valence-corrected chi connectivity index (χ3v) is 3.85. The number of nitrogens with one attached hydrogen (secondary N) is 1. The lowest BCUT2D eigenvalue weighted by molar-refractivity contribution is 0.737. The van der Waals surface area contributed by atoms with E-state index in [2.05, 4.69) is 50.4 Å². The van der Waals surface area contributed by atoms with E-state index in [1.165, 1.54) is 5.56 Å². The highest BCUT2D eigenvalue weighted by Crippen LogP contribution is 2.22. The van der Waals surface area contributed by atoms with E-state index in [1.54, 1.807) is 4.52 Å². The Kier molecular flexibility index (Phi) is 3.69. The molecule has 0 aliphatic heterocycles. The van der Waals surface area contributed by atoms with E-state index in [0.29, 0.717) is 5.95 Å². The van der Waals surface area contributed by atoms with Crippen LogP contribution in [-0.4, -0.2) is 14.6 Å². The maximum Gasteiger partial charge on any atom is 0.243 e. The molecule has 20 heavy (non-hydrogen) atoms. The van der Waals surface area contributed by atoms with E-state index in [4.69, 9.17) is 0 Å². The van der Waals surface area contributed by atoms with Crippen molar-refractivity contribution in [1.29, 1.82) is 0 Å². The number of fused-ring (bicyclic) bond motifs is 1. The molecule has 1 N–H and O–H groups in total. The van der Waals surface area contributed by atoms with Crippen LogP contribution in [0.4, 0.5) is 5.95 Å². The van der Waals surface area contributed by atoms with Crippen LogP contribution in [0.25, 0.3) is 5.65 Å². The Balaban J connectivity index is 1.90. The number of anilines is 1. The summed E-state index contributed by atoms with van der Waals surface area (Å²) in [6, 6.07) is 14.5. The molecule has 0 saturated heterocycles. The third kappa shape index (κ3) is 2.54. The Morgan fingerprint density at radius 3 is 2.70 bits per heavy atom. The second kappa shape index (κ2) is 5.63. The van der Waals surface area contributed by atoms with Gasteiger partial charge in [0.25, 0.3) is 0 Å². The van der Waals surface area contributed by atoms with Crippen molar-refractivity contribution in [2.45, 2.75) is 19.4 Å². The molecule has 0 radical (unpaired) electrons. The van der Waals surface area contributed by atoms with Crippen LogP contribution in [-0.2, 0) is 0 Å². The molecule has 0 aliphatic rings. The summed E-state index contributed by atoms with van der Waals surface area (Å²) < 4.78 is 2.71. The summed E-state index contributed by atoms with van der Waals surface area (Å²) in [5, 5.41) is 7.85. The predicted molar refractivity (Wildman–Crippen MR) is 83.8 cm³/mol. The topological polar surface area (TPSA) is 42.2 Å². The molecule has 102 valence electrons. The fraction of sp³-hybridized carbons (Fsp3) is 0.200. The second-order valence-electron chi connectivity index (χ2n) is 4.58. The van der Waals surface area contributed by atoms with Crippen LogP contribution in [0.1, 0.15) is 24.9 Å². The molecule has 0 saturated carbocycles. The third-order valence-electron chi connectivity index (χ3n) is 3.23. The molecule has 0 aliphatic carbocycles. The lowest BCUT2D eigenvalue weighted by atomic mass is 10.1. The van der Waals surface area contributed by atoms with Crippen LogP contribution in [0.15, 0.2) is 53.1 Å². The minimum absolute atomic E-state index is 0.215. The van der Waals surface area contributed by atoms with Crippen LogP contribution in [0.5, 0.6) is 0 Å². The highest BCUT2D eigenvalue weighted by molar-refractivity contribution is 9.10. The van der Waals surface area contributed by atoms with E-state index in [0.717, 1.165) is 16.5 Å². The SMILES string of the molecule is CCC(Nc1nc2c(Br)cccn2n1)c1ccccc1. The van der Waals surface area contributed by atoms with Gasteiger partial charge in [-0.15, -0.1) is 5.10 Å². The van der Waals surface area contributed by atoms with Crippen LogP contribution in [0, 0.1) is 0 Å². The Labute approximate surface area is 126 Å². The van der Waals surface area contributed by atoms with Crippen LogP contribution in [0.2, 0.25) is 0 Å². The van der Waals surface area contributed by atoms with Crippen molar-refractivity contribution >= 4 is 27.5 Å². The predicted octanol–water partition coefficient (Wildman–Crippen LogP) is 4.06. The number of aromatic nitrogens is 3. The van der Waals surface area contributed by atoms with E-state index in [1.807, 2.05) is 36.5 Å². The van der Waals surface area contributed by atoms with E-state index in [9.17, 15) is 0 Å². The van der Waals surface area contributed by atoms with Gasteiger partial charge in [-0.25, -0.2) is 4.52 Å². The van der Waals surface area contributed by atoms with Crippen LogP contribution >= 0.6 is 15.9 Å². The first-order chi connectivity index (χ1) is 9.78. The average molecular weight is 331 g/mol. The monoisotopic (exact) mass is 330 g/mol. The fourth-order valence-electron chi connectivity index (χ4n) is 2.20. The summed E-state index contributed by atoms with van der Waals surface area (Å²) in [6.07, 6.45) is 2.86. The summed E-state index contributed by atoms with van der Waals surface area (Å²) in [5.41, 5.74) is 2.06. The number of hydrogen-bond donors (Lipinski definition) is 1. The second-order valence-corrected chi connectivity index (χ2v) is 5.43. The van der Waals surface area contributed by atoms with Gasteiger partial charge in [-0.05, 0) is 40.0 Å². The van der Waals surface area contributed by atoms with Gasteiger partial charge in [0.2, 0.25) is 5.95 Å². The van der Waals surface area contributed by atoms with Gasteiger partial charge in [-0.2, -0.15) is 4.98 Å². The number of pyridine rings is 1. The first kappa shape index (κ1) is 13.1. The largest absolute Gasteiger partial charge is 0.346 e. The molecule has 0 spiro atoms. The first-order valence-electron chi connectivity index (χ1n) is 6.60. The van der Waals surface area contributed by atoms with Gasteiger partial charge in [0, 0.05) is 6.20 Å². The lowest BCUT2D eigenvalue weighted by Gasteiger charge is -2.15. The Bertz CT molecular complexity index is 708. The summed E-state index contributed by atoms with van der Waals surface area (Å²) in [5.74, 6) is 0.646. The van der Waals surface area contributed by atoms with Gasteiger partial charge < -0.3 is 5.32 Å². The molecular formula is C15H15BrN4. The molecule has 2 heterocycles. The van der Waals surface area contributed by atoms with Crippen molar-refractivity contribution in [2.75, 3.05) is 5.32 Å². The lowest BCUT2D eigenvalue weighted by Crippen LogP contribution is -2.10. The van der Waals surface area contributed by atoms with E-state index >= 15 is 0 Å². The molecule has 2 aromatic heterocycles. The molecule has 5 heteroatoms. The molecule has 0 fully saturated rings. The summed E-state index contributed by atoms with van der Waals surface area (Å²) in [4.78, 5) is 4.52. The molecule has 1 aromatic carbocycles. The van der Waals surface area contributed by atoms with Gasteiger partial charge in [-0.1, -0.05) is 37.3 Å². The summed E-state index contributed by atoms with van der Waals surface area (Å²) >= 11 is 3.49. The molecule has 1 atom stereocenters. The van der Waals surface area contributed by atoms with Crippen molar-refractivity contribution in [3.05, 3.63) is 58.7 Å². The normalized spacial score (nSPS) is 12.5.